The summed E-state index contributed by atoms with van der Waals surface area (Å²) in [5.41, 5.74) is 4.47. The summed E-state index contributed by atoms with van der Waals surface area (Å²) in [6.45, 7) is 7.67. The molecule has 6 heteroatoms. The van der Waals surface area contributed by atoms with Gasteiger partial charge in [0.05, 0.1) is 24.6 Å². The van der Waals surface area contributed by atoms with Crippen molar-refractivity contribution in [2.45, 2.75) is 19.8 Å². The van der Waals surface area contributed by atoms with Crippen LogP contribution in [0.3, 0.4) is 0 Å². The van der Waals surface area contributed by atoms with Gasteiger partial charge in [-0.3, -0.25) is 0 Å². The van der Waals surface area contributed by atoms with E-state index in [4.69, 9.17) is 4.74 Å². The van der Waals surface area contributed by atoms with Crippen LogP contribution < -0.4 is 15.5 Å². The second-order valence-corrected chi connectivity index (χ2v) is 7.41. The van der Waals surface area contributed by atoms with Crippen molar-refractivity contribution in [2.24, 2.45) is 0 Å². The van der Waals surface area contributed by atoms with Gasteiger partial charge in [0.2, 0.25) is 5.95 Å². The molecule has 0 saturated carbocycles. The fraction of sp³-hybridized carbons (Fsp3) is 0.304. The third-order valence-electron chi connectivity index (χ3n) is 5.01. The van der Waals surface area contributed by atoms with Crippen LogP contribution >= 0.6 is 0 Å². The number of rotatable bonds is 6. The van der Waals surface area contributed by atoms with Gasteiger partial charge in [-0.15, -0.1) is 0 Å². The van der Waals surface area contributed by atoms with Crippen molar-refractivity contribution in [1.82, 2.24) is 9.97 Å². The normalized spacial score (nSPS) is 14.1. The van der Waals surface area contributed by atoms with Crippen LogP contribution in [-0.2, 0) is 4.74 Å². The van der Waals surface area contributed by atoms with Gasteiger partial charge < -0.3 is 20.3 Å². The van der Waals surface area contributed by atoms with Crippen LogP contribution in [0.15, 0.2) is 60.8 Å². The highest BCUT2D eigenvalue weighted by Crippen LogP contribution is 2.29. The summed E-state index contributed by atoms with van der Waals surface area (Å²) in [6, 6.07) is 18.6. The van der Waals surface area contributed by atoms with E-state index in [1.165, 1.54) is 5.56 Å². The molecule has 0 spiro atoms. The Morgan fingerprint density at radius 3 is 2.45 bits per heavy atom. The van der Waals surface area contributed by atoms with Crippen LogP contribution in [0, 0.1) is 0 Å². The van der Waals surface area contributed by atoms with Crippen LogP contribution in [-0.4, -0.2) is 36.3 Å². The topological polar surface area (TPSA) is 62.3 Å². The fourth-order valence-electron chi connectivity index (χ4n) is 3.37. The number of nitrogens with zero attached hydrogens (tertiary/aromatic N) is 3. The zero-order chi connectivity index (χ0) is 20.1. The Hall–Kier alpha value is -3.12. The largest absolute Gasteiger partial charge is 0.378 e. The number of ether oxygens (including phenoxy) is 1. The van der Waals surface area contributed by atoms with E-state index in [0.29, 0.717) is 11.9 Å². The number of hydrogen-bond donors (Lipinski definition) is 2. The first-order chi connectivity index (χ1) is 14.2. The summed E-state index contributed by atoms with van der Waals surface area (Å²) in [5.74, 6) is 1.83. The van der Waals surface area contributed by atoms with Crippen molar-refractivity contribution in [2.75, 3.05) is 41.8 Å². The average molecular weight is 390 g/mol. The Bertz CT molecular complexity index is 936. The lowest BCUT2D eigenvalue weighted by Gasteiger charge is -2.30. The van der Waals surface area contributed by atoms with Crippen molar-refractivity contribution >= 4 is 28.8 Å². The maximum Gasteiger partial charge on any atom is 0.229 e. The minimum atomic E-state index is 0.513. The number of para-hydroxylation sites is 2. The van der Waals surface area contributed by atoms with Crippen LogP contribution in [0.1, 0.15) is 25.3 Å². The van der Waals surface area contributed by atoms with E-state index in [-0.39, 0.29) is 0 Å². The van der Waals surface area contributed by atoms with Gasteiger partial charge in [0.1, 0.15) is 5.82 Å². The Labute approximate surface area is 172 Å². The molecule has 2 N–H and O–H groups in total. The molecule has 1 aliphatic rings. The maximum absolute atomic E-state index is 5.48. The van der Waals surface area contributed by atoms with Crippen molar-refractivity contribution in [3.8, 4) is 0 Å². The Kier molecular flexibility index (Phi) is 5.91. The first-order valence-electron chi connectivity index (χ1n) is 10.1. The number of anilines is 5. The van der Waals surface area contributed by atoms with E-state index in [1.54, 1.807) is 6.20 Å². The van der Waals surface area contributed by atoms with Gasteiger partial charge >= 0.3 is 0 Å². The Balaban J connectivity index is 1.49. The third kappa shape index (κ3) is 4.84. The minimum absolute atomic E-state index is 0.513. The molecule has 1 aliphatic heterocycles. The predicted molar refractivity (Wildman–Crippen MR) is 119 cm³/mol. The quantitative estimate of drug-likeness (QED) is 0.624. The molecule has 0 amide bonds. The Morgan fingerprint density at radius 1 is 0.931 bits per heavy atom. The molecule has 0 atom stereocenters. The first-order valence-corrected chi connectivity index (χ1v) is 10.1. The zero-order valence-electron chi connectivity index (χ0n) is 16.9. The zero-order valence-corrected chi connectivity index (χ0v) is 16.9. The predicted octanol–water partition coefficient (Wildman–Crippen LogP) is 4.92. The van der Waals surface area contributed by atoms with Gasteiger partial charge in [-0.1, -0.05) is 38.1 Å². The second-order valence-electron chi connectivity index (χ2n) is 7.41. The van der Waals surface area contributed by atoms with Crippen molar-refractivity contribution in [3.63, 3.8) is 0 Å². The summed E-state index contributed by atoms with van der Waals surface area (Å²) >= 11 is 0. The lowest BCUT2D eigenvalue weighted by molar-refractivity contribution is 0.123. The summed E-state index contributed by atoms with van der Waals surface area (Å²) < 4.78 is 5.48. The maximum atomic E-state index is 5.48. The van der Waals surface area contributed by atoms with E-state index in [1.807, 2.05) is 12.1 Å². The molecule has 1 aromatic heterocycles. The number of benzene rings is 2. The lowest BCUT2D eigenvalue weighted by Crippen LogP contribution is -2.36. The summed E-state index contributed by atoms with van der Waals surface area (Å²) in [6.07, 6.45) is 1.76. The molecule has 0 unspecified atom stereocenters. The number of nitrogens with one attached hydrogen (secondary N) is 2. The third-order valence-corrected chi connectivity index (χ3v) is 5.01. The average Bonchev–Trinajstić information content (AvgIpc) is 2.75. The van der Waals surface area contributed by atoms with Gasteiger partial charge in [-0.2, -0.15) is 4.98 Å². The molecule has 2 heterocycles. The van der Waals surface area contributed by atoms with Crippen LogP contribution in [0.25, 0.3) is 0 Å². The molecule has 1 saturated heterocycles. The van der Waals surface area contributed by atoms with Crippen LogP contribution in [0.4, 0.5) is 28.8 Å². The SMILES string of the molecule is CC(C)c1ccc(Nc2nccc(Nc3ccccc3N3CCOCC3)n2)cc1. The first kappa shape index (κ1) is 19.2. The molecule has 4 rings (SSSR count). The standard InChI is InChI=1S/C23H27N5O/c1-17(2)18-7-9-19(10-8-18)25-23-24-12-11-22(27-23)26-20-5-3-4-6-21(20)28-13-15-29-16-14-28/h3-12,17H,13-16H2,1-2H3,(H2,24,25,26,27). The highest BCUT2D eigenvalue weighted by atomic mass is 16.5. The fourth-order valence-corrected chi connectivity index (χ4v) is 3.37. The summed E-state index contributed by atoms with van der Waals surface area (Å²) in [4.78, 5) is 11.3. The van der Waals surface area contributed by atoms with Gasteiger partial charge in [-0.25, -0.2) is 4.98 Å². The number of aromatic nitrogens is 2. The van der Waals surface area contributed by atoms with E-state index in [0.717, 1.165) is 49.2 Å². The molecular formula is C23H27N5O. The molecule has 150 valence electrons. The molecule has 0 bridgehead atoms. The highest BCUT2D eigenvalue weighted by molar-refractivity contribution is 5.74. The lowest BCUT2D eigenvalue weighted by atomic mass is 10.0. The molecule has 6 nitrogen and oxygen atoms in total. The molecule has 0 aliphatic carbocycles. The van der Waals surface area contributed by atoms with E-state index < -0.39 is 0 Å². The van der Waals surface area contributed by atoms with Gasteiger partial charge in [0.15, 0.2) is 0 Å². The molecule has 3 aromatic rings. The summed E-state index contributed by atoms with van der Waals surface area (Å²) in [7, 11) is 0. The van der Waals surface area contributed by atoms with Crippen LogP contribution in [0.2, 0.25) is 0 Å². The molecule has 0 radical (unpaired) electrons. The highest BCUT2D eigenvalue weighted by Gasteiger charge is 2.15. The molecule has 29 heavy (non-hydrogen) atoms. The van der Waals surface area contributed by atoms with Gasteiger partial charge in [0.25, 0.3) is 0 Å². The van der Waals surface area contributed by atoms with Crippen molar-refractivity contribution in [1.29, 1.82) is 0 Å². The van der Waals surface area contributed by atoms with Crippen molar-refractivity contribution < 1.29 is 4.74 Å². The second kappa shape index (κ2) is 8.92. The minimum Gasteiger partial charge on any atom is -0.378 e. The molecular weight excluding hydrogens is 362 g/mol. The monoisotopic (exact) mass is 389 g/mol. The smallest absolute Gasteiger partial charge is 0.229 e. The van der Waals surface area contributed by atoms with Crippen LogP contribution in [0.5, 0.6) is 0 Å². The molecule has 2 aromatic carbocycles. The van der Waals surface area contributed by atoms with Crippen molar-refractivity contribution in [3.05, 3.63) is 66.4 Å². The van der Waals surface area contributed by atoms with Gasteiger partial charge in [0, 0.05) is 25.0 Å². The number of morpholine rings is 1. The Morgan fingerprint density at radius 2 is 1.69 bits per heavy atom. The van der Waals surface area contributed by atoms with E-state index in [9.17, 15) is 0 Å². The molecule has 1 fully saturated rings. The van der Waals surface area contributed by atoms with Gasteiger partial charge in [-0.05, 0) is 41.8 Å². The summed E-state index contributed by atoms with van der Waals surface area (Å²) in [5, 5.41) is 6.73. The van der Waals surface area contributed by atoms with E-state index in [2.05, 4.69) is 81.8 Å². The van der Waals surface area contributed by atoms with E-state index >= 15 is 0 Å². The number of hydrogen-bond acceptors (Lipinski definition) is 6.